The van der Waals surface area contributed by atoms with E-state index >= 15 is 0 Å². The molecule has 24 heteroatoms. The number of aliphatic hydroxyl groups is 1. The molecule has 12 aromatic heterocycles. The molecule has 4 fully saturated rings. The normalized spacial score (nSPS) is 17.2. The lowest BCUT2D eigenvalue weighted by molar-refractivity contribution is -0.124. The summed E-state index contributed by atoms with van der Waals surface area (Å²) in [5.41, 5.74) is 36.4. The number of aryl methyl sites for hydroxylation is 1. The van der Waals surface area contributed by atoms with Crippen molar-refractivity contribution in [3.05, 3.63) is 325 Å². The first-order chi connectivity index (χ1) is 65.5. The van der Waals surface area contributed by atoms with Crippen molar-refractivity contribution in [1.82, 2.24) is 87.2 Å². The first-order valence-corrected chi connectivity index (χ1v) is 47.0. The number of halogens is 2. The number of Topliss-reactive ketones (excluding diaryl/α,β-unsaturated/α-hetero) is 1. The van der Waals surface area contributed by atoms with Crippen LogP contribution in [0.1, 0.15) is 131 Å². The zero-order chi connectivity index (χ0) is 91.4. The molecule has 4 aliphatic rings. The van der Waals surface area contributed by atoms with Gasteiger partial charge >= 0.3 is 0 Å². The van der Waals surface area contributed by atoms with E-state index in [1.165, 1.54) is 5.56 Å². The van der Waals surface area contributed by atoms with E-state index in [-0.39, 0.29) is 18.3 Å². The maximum Gasteiger partial charge on any atom is 0.155 e. The molecule has 134 heavy (non-hydrogen) atoms. The van der Waals surface area contributed by atoms with E-state index in [9.17, 15) is 9.90 Å². The Morgan fingerprint density at radius 3 is 1.11 bits per heavy atom. The predicted molar refractivity (Wildman–Crippen MR) is 537 cm³/mol. The summed E-state index contributed by atoms with van der Waals surface area (Å²) in [6.07, 6.45) is 24.3. The van der Waals surface area contributed by atoms with Crippen molar-refractivity contribution in [3.8, 4) is 90.1 Å². The Morgan fingerprint density at radius 1 is 0.373 bits per heavy atom. The molecule has 0 bridgehead atoms. The number of fused-ring (bicyclic) bond motifs is 8. The van der Waals surface area contributed by atoms with Gasteiger partial charge < -0.3 is 26.4 Å². The number of pyridine rings is 4. The zero-order valence-corrected chi connectivity index (χ0v) is 76.7. The molecular weight excluding hydrogens is 1700 g/mol. The third kappa shape index (κ3) is 16.8. The molecule has 0 aliphatic heterocycles. The number of carbonyl (C=O) groups is 1. The summed E-state index contributed by atoms with van der Waals surface area (Å²) in [5, 5.41) is 14.9. The van der Waals surface area contributed by atoms with E-state index in [0.29, 0.717) is 70.5 Å². The molecule has 0 spiro atoms. The van der Waals surface area contributed by atoms with Crippen LogP contribution in [0.4, 0.5) is 11.6 Å². The Bertz CT molecular complexity index is 7790. The Labute approximate surface area is 785 Å². The van der Waals surface area contributed by atoms with Gasteiger partial charge in [0.1, 0.15) is 74.2 Å². The molecule has 0 radical (unpaired) electrons. The highest BCUT2D eigenvalue weighted by atomic mass is 35.5. The number of benzene rings is 8. The standard InChI is InChI=1S/C29H28ClN5.C29H29N5O.C27H24ClN5.C25H19N5O/c1-3-34(4-2)23-16-22(17-23)29-33-26(27-28(30)31-14-15-35(27)29)21-11-10-20-12-13-24(32-25(20)18-21)19-8-6-5-7-9-19;1-18-15-24(20-5-3-2-4-6-20)32-25-16-22(11-12-23(18)25)26-27-28(30)31-13-14-34(27)29(33-26)21-9-7-19(17-35)8-10-21;1-32(2)21-14-20(15-21)27-31-24(25-26(28)29-12-13-33(25)27)19-9-8-18-10-11-22(30-23(18)16-19)17-6-4-3-5-7-17;26-24-23-22(29-25(18-12-19(31)13-18)30(23)11-10-27-24)17-7-6-16-8-9-20(28-21(16)14-17)15-4-2-1-3-5-15/h5-15,18,22-23H,3-4,16-17H2,1-2H3;2-6,11-16,19,21,35H,7-10,17H2,1H3,(H2,30,31);3-13,16,20-21H,14-15H2,1-2H3;1-11,14,18H,12-13H2,(H2,26,27). The van der Waals surface area contributed by atoms with Crippen molar-refractivity contribution in [2.24, 2.45) is 5.92 Å². The summed E-state index contributed by atoms with van der Waals surface area (Å²) in [7, 11) is 4.28. The number of rotatable bonds is 17. The van der Waals surface area contributed by atoms with E-state index in [0.717, 1.165) is 243 Å². The number of ketones is 1. The van der Waals surface area contributed by atoms with Crippen LogP contribution < -0.4 is 11.5 Å². The second-order valence-electron chi connectivity index (χ2n) is 35.9. The minimum Gasteiger partial charge on any atom is -0.396 e. The van der Waals surface area contributed by atoms with Crippen molar-refractivity contribution in [2.45, 2.75) is 121 Å². The number of aromatic nitrogens is 16. The van der Waals surface area contributed by atoms with Gasteiger partial charge in [-0.1, -0.05) is 225 Å². The van der Waals surface area contributed by atoms with Gasteiger partial charge in [0.15, 0.2) is 10.3 Å². The molecule has 8 aromatic carbocycles. The van der Waals surface area contributed by atoms with Gasteiger partial charge in [0.05, 0.1) is 56.2 Å². The van der Waals surface area contributed by atoms with Gasteiger partial charge in [-0.3, -0.25) is 22.4 Å². The van der Waals surface area contributed by atoms with Crippen LogP contribution in [-0.4, -0.2) is 144 Å². The van der Waals surface area contributed by atoms with Crippen LogP contribution in [0, 0.1) is 12.8 Å². The number of anilines is 2. The first-order valence-electron chi connectivity index (χ1n) is 46.2. The van der Waals surface area contributed by atoms with Crippen molar-refractivity contribution in [2.75, 3.05) is 45.3 Å². The summed E-state index contributed by atoms with van der Waals surface area (Å²) >= 11 is 13.2. The summed E-state index contributed by atoms with van der Waals surface area (Å²) in [5.74, 6) is 6.91. The fraction of sp³-hybridized carbons (Fsp3) is 0.227. The number of hydrogen-bond acceptors (Lipinski definition) is 18. The van der Waals surface area contributed by atoms with Crippen LogP contribution in [-0.2, 0) is 4.79 Å². The number of imidazole rings is 4. The smallest absolute Gasteiger partial charge is 0.155 e. The fourth-order valence-corrected chi connectivity index (χ4v) is 20.4. The largest absolute Gasteiger partial charge is 0.396 e. The molecule has 0 atom stereocenters. The zero-order valence-electron chi connectivity index (χ0n) is 75.2. The minimum absolute atomic E-state index is 0.124. The Morgan fingerprint density at radius 2 is 0.716 bits per heavy atom. The number of nitrogens with zero attached hydrogens (tertiary/aromatic N) is 18. The maximum atomic E-state index is 11.6. The van der Waals surface area contributed by atoms with Gasteiger partial charge in [-0.2, -0.15) is 0 Å². The predicted octanol–water partition coefficient (Wildman–Crippen LogP) is 23.3. The Hall–Kier alpha value is -14.4. The lowest BCUT2D eigenvalue weighted by Gasteiger charge is -2.41. The molecule has 5 N–H and O–H groups in total. The second-order valence-corrected chi connectivity index (χ2v) is 36.6. The fourth-order valence-electron chi connectivity index (χ4n) is 19.9. The van der Waals surface area contributed by atoms with Gasteiger partial charge in [-0.15, -0.1) is 0 Å². The molecule has 4 saturated carbocycles. The van der Waals surface area contributed by atoms with E-state index in [1.807, 2.05) is 120 Å². The molecule has 4 aliphatic carbocycles. The highest BCUT2D eigenvalue weighted by Crippen LogP contribution is 2.47. The highest BCUT2D eigenvalue weighted by molar-refractivity contribution is 6.34. The van der Waals surface area contributed by atoms with Gasteiger partial charge in [0.25, 0.3) is 0 Å². The third-order valence-electron chi connectivity index (χ3n) is 27.6. The van der Waals surface area contributed by atoms with Gasteiger partial charge in [0, 0.05) is 171 Å². The molecule has 666 valence electrons. The second kappa shape index (κ2) is 37.0. The van der Waals surface area contributed by atoms with Crippen LogP contribution in [0.5, 0.6) is 0 Å². The highest BCUT2D eigenvalue weighted by Gasteiger charge is 2.39. The molecule has 0 amide bonds. The van der Waals surface area contributed by atoms with E-state index in [2.05, 4.69) is 223 Å². The number of hydrogen-bond donors (Lipinski definition) is 3. The molecule has 12 heterocycles. The van der Waals surface area contributed by atoms with Crippen molar-refractivity contribution in [1.29, 1.82) is 0 Å². The van der Waals surface area contributed by atoms with Crippen LogP contribution in [0.15, 0.2) is 286 Å². The van der Waals surface area contributed by atoms with Crippen LogP contribution in [0.25, 0.3) is 156 Å². The van der Waals surface area contributed by atoms with Crippen LogP contribution >= 0.6 is 23.2 Å². The van der Waals surface area contributed by atoms with Gasteiger partial charge in [-0.05, 0) is 145 Å². The lowest BCUT2D eigenvalue weighted by Crippen LogP contribution is -2.44. The minimum atomic E-state index is 0.124. The Kier molecular flexibility index (Phi) is 23.8. The first kappa shape index (κ1) is 86.3. The molecule has 0 unspecified atom stereocenters. The SMILES string of the molecule is CCN(CC)C1CC(c2nc(-c3ccc4ccc(-c5ccccc5)nc4c3)c3c(Cl)nccn23)C1.CN(C)C1CC(c2nc(-c3ccc4ccc(-c5ccccc5)nc4c3)c3c(Cl)nccn23)C1.Cc1cc(-c2ccccc2)nc2cc(-c3nc(C4CCC(CO)CC4)n4ccnc(N)c34)ccc12.Nc1nccn2c(C3CC(=O)C3)nc(-c3ccc4ccc(-c5ccccc5)nc4c3)c12. The maximum absolute atomic E-state index is 11.6. The van der Waals surface area contributed by atoms with Crippen LogP contribution in [0.2, 0.25) is 10.3 Å². The number of carbonyl (C=O) groups excluding carboxylic acids is 1. The Balaban J connectivity index is 0.000000107. The van der Waals surface area contributed by atoms with E-state index in [1.54, 1.807) is 24.8 Å². The van der Waals surface area contributed by atoms with E-state index < -0.39 is 0 Å². The molecule has 24 rings (SSSR count). The quantitative estimate of drug-likeness (QED) is 0.0764. The number of aliphatic hydroxyl groups excluding tert-OH is 1. The van der Waals surface area contributed by atoms with E-state index in [4.69, 9.17) is 74.5 Å². The van der Waals surface area contributed by atoms with Gasteiger partial charge in [0.2, 0.25) is 0 Å². The molecule has 0 saturated heterocycles. The monoisotopic (exact) mass is 1800 g/mol. The van der Waals surface area contributed by atoms with Crippen molar-refractivity contribution < 1.29 is 9.90 Å². The van der Waals surface area contributed by atoms with Crippen molar-refractivity contribution in [3.63, 3.8) is 0 Å². The summed E-state index contributed by atoms with van der Waals surface area (Å²) in [4.78, 5) is 74.0. The summed E-state index contributed by atoms with van der Waals surface area (Å²) < 4.78 is 8.36. The number of nitrogens with two attached hydrogens (primary N) is 2. The van der Waals surface area contributed by atoms with Crippen LogP contribution in [0.3, 0.4) is 0 Å². The average Bonchev–Trinajstić information content (AvgIpc) is 1.62. The molecular formula is C110H100Cl2N20O2. The average molecular weight is 1810 g/mol. The lowest BCUT2D eigenvalue weighted by atomic mass is 9.78. The third-order valence-corrected chi connectivity index (χ3v) is 28.1. The summed E-state index contributed by atoms with van der Waals surface area (Å²) in [6.45, 7) is 9.06. The molecule has 22 nitrogen and oxygen atoms in total. The molecule has 20 aromatic rings. The van der Waals surface area contributed by atoms with Crippen molar-refractivity contribution >= 4 is 106 Å². The summed E-state index contributed by atoms with van der Waals surface area (Å²) in [6, 6.07) is 82.0. The van der Waals surface area contributed by atoms with Gasteiger partial charge in [-0.25, -0.2) is 59.8 Å². The topological polar surface area (TPSA) is 268 Å². The number of nitrogen functional groups attached to an aromatic ring is 2.